The molecule has 0 radical (unpaired) electrons. The van der Waals surface area contributed by atoms with Crippen LogP contribution in [0.25, 0.3) is 0 Å². The van der Waals surface area contributed by atoms with E-state index in [1.165, 1.54) is 0 Å². The summed E-state index contributed by atoms with van der Waals surface area (Å²) in [4.78, 5) is 21.9. The van der Waals surface area contributed by atoms with Crippen LogP contribution in [0.1, 0.15) is 57.8 Å². The smallest absolute Gasteiger partial charge is 0.251 e. The summed E-state index contributed by atoms with van der Waals surface area (Å²) in [6.07, 6.45) is 6.23. The highest BCUT2D eigenvalue weighted by molar-refractivity contribution is 6.15. The number of amides is 1. The number of aromatic nitrogens is 1. The monoisotopic (exact) mass is 485 g/mol. The van der Waals surface area contributed by atoms with Gasteiger partial charge in [-0.3, -0.25) is 14.8 Å². The Bertz CT molecular complexity index is 1260. The Kier molecular flexibility index (Phi) is 7.00. The normalized spacial score (nSPS) is 20.5. The van der Waals surface area contributed by atoms with Gasteiger partial charge in [-0.05, 0) is 67.1 Å². The van der Waals surface area contributed by atoms with Gasteiger partial charge in [0.05, 0.1) is 32.1 Å². The minimum atomic E-state index is -0.320. The molecule has 3 aromatic rings. The molecule has 1 aliphatic heterocycles. The van der Waals surface area contributed by atoms with E-state index in [2.05, 4.69) is 10.3 Å². The Balaban J connectivity index is 1.39. The summed E-state index contributed by atoms with van der Waals surface area (Å²) in [7, 11) is 3.26. The standard InChI is InChI=1S/C29H31N3O4/c1-35-26-15-22-23-14-21(33)9-10-25(23)32-28(24(22)16-27(26)36-2)19-5-7-20(8-6-19)29(34)31-13-11-18-4-3-12-30-17-18/h3-8,12,15-17,21,23,25,33H,9-11,13-14H2,1-2H3,(H,31,34). The number of hydrogen-bond acceptors (Lipinski definition) is 6. The van der Waals surface area contributed by atoms with Gasteiger partial charge in [0, 0.05) is 41.5 Å². The number of hydrogen-bond donors (Lipinski definition) is 2. The number of pyridine rings is 1. The van der Waals surface area contributed by atoms with Crippen LogP contribution in [0.2, 0.25) is 0 Å². The van der Waals surface area contributed by atoms with Crippen LogP contribution in [0.5, 0.6) is 11.5 Å². The Labute approximate surface area is 211 Å². The average Bonchev–Trinajstić information content (AvgIpc) is 2.92. The Hall–Kier alpha value is -3.71. The highest BCUT2D eigenvalue weighted by Crippen LogP contribution is 2.44. The number of methoxy groups -OCH3 is 2. The van der Waals surface area contributed by atoms with E-state index in [0.29, 0.717) is 30.0 Å². The van der Waals surface area contributed by atoms with Crippen molar-refractivity contribution in [3.63, 3.8) is 0 Å². The van der Waals surface area contributed by atoms with E-state index < -0.39 is 0 Å². The predicted octanol–water partition coefficient (Wildman–Crippen LogP) is 3.92. The van der Waals surface area contributed by atoms with Crippen LogP contribution in [0, 0.1) is 0 Å². The van der Waals surface area contributed by atoms with Gasteiger partial charge in [-0.25, -0.2) is 0 Å². The molecule has 2 heterocycles. The molecule has 3 atom stereocenters. The molecule has 2 N–H and O–H groups in total. The first-order valence-corrected chi connectivity index (χ1v) is 12.4. The van der Waals surface area contributed by atoms with Crippen LogP contribution >= 0.6 is 0 Å². The largest absolute Gasteiger partial charge is 0.493 e. The van der Waals surface area contributed by atoms with Crippen LogP contribution in [0.15, 0.2) is 65.9 Å². The zero-order chi connectivity index (χ0) is 25.1. The molecular weight excluding hydrogens is 454 g/mol. The first kappa shape index (κ1) is 24.0. The minimum absolute atomic E-state index is 0.101. The van der Waals surface area contributed by atoms with Gasteiger partial charge in [0.1, 0.15) is 0 Å². The zero-order valence-electron chi connectivity index (χ0n) is 20.6. The van der Waals surface area contributed by atoms with Crippen molar-refractivity contribution in [1.82, 2.24) is 10.3 Å². The van der Waals surface area contributed by atoms with E-state index in [1.54, 1.807) is 20.4 Å². The second kappa shape index (κ2) is 10.5. The number of ether oxygens (including phenoxy) is 2. The number of nitrogens with one attached hydrogen (secondary N) is 1. The summed E-state index contributed by atoms with van der Waals surface area (Å²) in [6.45, 7) is 0.545. The molecule has 3 unspecified atom stereocenters. The van der Waals surface area contributed by atoms with Gasteiger partial charge < -0.3 is 19.9 Å². The molecule has 1 amide bonds. The third kappa shape index (κ3) is 4.84. The second-order valence-corrected chi connectivity index (χ2v) is 9.36. The number of carbonyl (C=O) groups is 1. The number of aliphatic hydroxyl groups excluding tert-OH is 1. The number of nitrogens with zero attached hydrogens (tertiary/aromatic N) is 2. The fraction of sp³-hybridized carbons (Fsp3) is 0.345. The van der Waals surface area contributed by atoms with E-state index in [9.17, 15) is 9.90 Å². The number of fused-ring (bicyclic) bond motifs is 3. The van der Waals surface area contributed by atoms with E-state index >= 15 is 0 Å². The molecular formula is C29H31N3O4. The number of aliphatic hydroxyl groups is 1. The van der Waals surface area contributed by atoms with E-state index in [-0.39, 0.29) is 24.0 Å². The molecule has 2 aromatic carbocycles. The second-order valence-electron chi connectivity index (χ2n) is 9.36. The molecule has 7 heteroatoms. The summed E-state index contributed by atoms with van der Waals surface area (Å²) in [5, 5.41) is 13.3. The van der Waals surface area contributed by atoms with Crippen molar-refractivity contribution < 1.29 is 19.4 Å². The molecule has 2 aliphatic rings. The number of benzene rings is 2. The molecule has 1 aliphatic carbocycles. The van der Waals surface area contributed by atoms with Crippen molar-refractivity contribution in [2.75, 3.05) is 20.8 Å². The topological polar surface area (TPSA) is 93.0 Å². The van der Waals surface area contributed by atoms with Crippen LogP contribution < -0.4 is 14.8 Å². The third-order valence-electron chi connectivity index (χ3n) is 7.13. The number of carbonyl (C=O) groups excluding carboxylic acids is 1. The van der Waals surface area contributed by atoms with Gasteiger partial charge in [-0.15, -0.1) is 0 Å². The van der Waals surface area contributed by atoms with Gasteiger partial charge in [-0.2, -0.15) is 0 Å². The van der Waals surface area contributed by atoms with Crippen LogP contribution in [-0.2, 0) is 6.42 Å². The number of rotatable bonds is 7. The first-order valence-electron chi connectivity index (χ1n) is 12.4. The summed E-state index contributed by atoms with van der Waals surface area (Å²) in [5.74, 6) is 1.35. The average molecular weight is 486 g/mol. The highest BCUT2D eigenvalue weighted by atomic mass is 16.5. The van der Waals surface area contributed by atoms with E-state index in [4.69, 9.17) is 14.5 Å². The fourth-order valence-corrected chi connectivity index (χ4v) is 5.24. The van der Waals surface area contributed by atoms with Crippen molar-refractivity contribution >= 4 is 11.6 Å². The Morgan fingerprint density at radius 3 is 2.58 bits per heavy atom. The highest BCUT2D eigenvalue weighted by Gasteiger charge is 2.37. The van der Waals surface area contributed by atoms with Crippen LogP contribution in [0.3, 0.4) is 0 Å². The molecule has 1 saturated carbocycles. The lowest BCUT2D eigenvalue weighted by molar-refractivity contribution is 0.0954. The summed E-state index contributed by atoms with van der Waals surface area (Å²) >= 11 is 0. The SMILES string of the molecule is COc1cc2c(cc1OC)C1CC(O)CCC1N=C2c1ccc(C(=O)NCCc2cccnc2)cc1. The summed E-state index contributed by atoms with van der Waals surface area (Å²) in [6, 6.07) is 15.6. The van der Waals surface area contributed by atoms with Gasteiger partial charge in [0.25, 0.3) is 5.91 Å². The minimum Gasteiger partial charge on any atom is -0.493 e. The molecule has 5 rings (SSSR count). The zero-order valence-corrected chi connectivity index (χ0v) is 20.6. The Morgan fingerprint density at radius 2 is 1.86 bits per heavy atom. The lowest BCUT2D eigenvalue weighted by Gasteiger charge is -2.37. The molecule has 7 nitrogen and oxygen atoms in total. The van der Waals surface area contributed by atoms with Crippen molar-refractivity contribution in [2.45, 2.75) is 43.7 Å². The van der Waals surface area contributed by atoms with Crippen molar-refractivity contribution in [3.8, 4) is 11.5 Å². The fourth-order valence-electron chi connectivity index (χ4n) is 5.24. The molecule has 0 saturated heterocycles. The lowest BCUT2D eigenvalue weighted by atomic mass is 9.74. The van der Waals surface area contributed by atoms with Crippen LogP contribution in [-0.4, -0.2) is 54.6 Å². The molecule has 1 aromatic heterocycles. The lowest BCUT2D eigenvalue weighted by Crippen LogP contribution is -2.34. The van der Waals surface area contributed by atoms with Gasteiger partial charge in [-0.1, -0.05) is 18.2 Å². The molecule has 0 spiro atoms. The first-order chi connectivity index (χ1) is 17.6. The molecule has 1 fully saturated rings. The third-order valence-corrected chi connectivity index (χ3v) is 7.13. The maximum Gasteiger partial charge on any atom is 0.251 e. The van der Waals surface area contributed by atoms with Gasteiger partial charge in [0.15, 0.2) is 11.5 Å². The van der Waals surface area contributed by atoms with Crippen LogP contribution in [0.4, 0.5) is 0 Å². The summed E-state index contributed by atoms with van der Waals surface area (Å²) in [5.41, 5.74) is 5.62. The van der Waals surface area contributed by atoms with E-state index in [1.807, 2.05) is 54.7 Å². The Morgan fingerprint density at radius 1 is 1.08 bits per heavy atom. The predicted molar refractivity (Wildman–Crippen MR) is 138 cm³/mol. The van der Waals surface area contributed by atoms with Crippen molar-refractivity contribution in [2.24, 2.45) is 4.99 Å². The van der Waals surface area contributed by atoms with E-state index in [0.717, 1.165) is 47.2 Å². The van der Waals surface area contributed by atoms with Crippen molar-refractivity contribution in [3.05, 3.63) is 88.7 Å². The van der Waals surface area contributed by atoms with Gasteiger partial charge >= 0.3 is 0 Å². The van der Waals surface area contributed by atoms with Gasteiger partial charge in [0.2, 0.25) is 0 Å². The summed E-state index contributed by atoms with van der Waals surface area (Å²) < 4.78 is 11.2. The molecule has 186 valence electrons. The molecule has 0 bridgehead atoms. The maximum absolute atomic E-state index is 12.7. The maximum atomic E-state index is 12.7. The number of aliphatic imine (C=N–C) groups is 1. The van der Waals surface area contributed by atoms with Crippen molar-refractivity contribution in [1.29, 1.82) is 0 Å². The molecule has 36 heavy (non-hydrogen) atoms. The quantitative estimate of drug-likeness (QED) is 0.529.